The number of piperazine rings is 1. The SMILES string of the molecule is Cc1cc(C)c(OCCN2CCN(C)CC2)c(Cc2ccccc2)c1. The third kappa shape index (κ3) is 5.07. The van der Waals surface area contributed by atoms with Gasteiger partial charge in [0.25, 0.3) is 0 Å². The van der Waals surface area contributed by atoms with Gasteiger partial charge in [-0.2, -0.15) is 0 Å². The Labute approximate surface area is 152 Å². The van der Waals surface area contributed by atoms with Crippen molar-refractivity contribution >= 4 is 0 Å². The van der Waals surface area contributed by atoms with E-state index < -0.39 is 0 Å². The van der Waals surface area contributed by atoms with Crippen molar-refractivity contribution in [1.82, 2.24) is 9.80 Å². The lowest BCUT2D eigenvalue weighted by atomic mass is 9.99. The summed E-state index contributed by atoms with van der Waals surface area (Å²) in [6, 6.07) is 15.1. The maximum absolute atomic E-state index is 6.27. The molecule has 1 aliphatic heterocycles. The van der Waals surface area contributed by atoms with Crippen molar-refractivity contribution in [2.45, 2.75) is 20.3 Å². The summed E-state index contributed by atoms with van der Waals surface area (Å²) in [7, 11) is 2.19. The van der Waals surface area contributed by atoms with Gasteiger partial charge in [-0.15, -0.1) is 0 Å². The Hall–Kier alpha value is -1.84. The maximum Gasteiger partial charge on any atom is 0.125 e. The standard InChI is InChI=1S/C22H30N2O/c1-18-15-19(2)22(21(16-18)17-20-7-5-4-6-8-20)25-14-13-24-11-9-23(3)10-12-24/h4-8,15-16H,9-14,17H2,1-3H3. The quantitative estimate of drug-likeness (QED) is 0.801. The minimum Gasteiger partial charge on any atom is -0.492 e. The van der Waals surface area contributed by atoms with Crippen molar-refractivity contribution < 1.29 is 4.74 Å². The number of aryl methyl sites for hydroxylation is 2. The highest BCUT2D eigenvalue weighted by molar-refractivity contribution is 5.46. The predicted molar refractivity (Wildman–Crippen MR) is 105 cm³/mol. The zero-order valence-corrected chi connectivity index (χ0v) is 15.8. The Morgan fingerprint density at radius 2 is 1.68 bits per heavy atom. The minimum atomic E-state index is 0.759. The molecule has 1 heterocycles. The molecule has 0 saturated carbocycles. The molecule has 1 saturated heterocycles. The Morgan fingerprint density at radius 3 is 2.40 bits per heavy atom. The van der Waals surface area contributed by atoms with Crippen LogP contribution in [0.5, 0.6) is 5.75 Å². The molecule has 134 valence electrons. The van der Waals surface area contributed by atoms with Crippen molar-refractivity contribution in [1.29, 1.82) is 0 Å². The van der Waals surface area contributed by atoms with Crippen molar-refractivity contribution in [3.05, 3.63) is 64.7 Å². The zero-order valence-electron chi connectivity index (χ0n) is 15.8. The molecule has 1 aliphatic rings. The minimum absolute atomic E-state index is 0.759. The van der Waals surface area contributed by atoms with E-state index in [1.807, 2.05) is 0 Å². The molecular weight excluding hydrogens is 308 g/mol. The van der Waals surface area contributed by atoms with Gasteiger partial charge in [-0.1, -0.05) is 48.0 Å². The second kappa shape index (κ2) is 8.50. The van der Waals surface area contributed by atoms with Crippen molar-refractivity contribution in [2.75, 3.05) is 46.4 Å². The van der Waals surface area contributed by atoms with E-state index in [0.717, 1.165) is 51.5 Å². The molecule has 0 radical (unpaired) electrons. The average molecular weight is 338 g/mol. The van der Waals surface area contributed by atoms with E-state index in [2.05, 4.69) is 73.2 Å². The second-order valence-corrected chi connectivity index (χ2v) is 7.23. The zero-order chi connectivity index (χ0) is 17.6. The van der Waals surface area contributed by atoms with Crippen LogP contribution in [-0.2, 0) is 6.42 Å². The van der Waals surface area contributed by atoms with Crippen LogP contribution in [0.25, 0.3) is 0 Å². The van der Waals surface area contributed by atoms with Crippen molar-refractivity contribution in [2.24, 2.45) is 0 Å². The molecule has 0 aromatic heterocycles. The lowest BCUT2D eigenvalue weighted by Gasteiger charge is -2.32. The summed E-state index contributed by atoms with van der Waals surface area (Å²) in [4.78, 5) is 4.89. The smallest absolute Gasteiger partial charge is 0.125 e. The highest BCUT2D eigenvalue weighted by atomic mass is 16.5. The molecule has 0 N–H and O–H groups in total. The molecule has 0 bridgehead atoms. The first-order valence-electron chi connectivity index (χ1n) is 9.29. The summed E-state index contributed by atoms with van der Waals surface area (Å²) in [5.74, 6) is 1.07. The number of ether oxygens (including phenoxy) is 1. The van der Waals surface area contributed by atoms with Gasteiger partial charge in [0.1, 0.15) is 12.4 Å². The van der Waals surface area contributed by atoms with Crippen LogP contribution in [0, 0.1) is 13.8 Å². The summed E-state index contributed by atoms with van der Waals surface area (Å²) >= 11 is 0. The fourth-order valence-corrected chi connectivity index (χ4v) is 3.54. The highest BCUT2D eigenvalue weighted by Crippen LogP contribution is 2.27. The van der Waals surface area contributed by atoms with Gasteiger partial charge in [-0.3, -0.25) is 4.90 Å². The number of likely N-dealkylation sites (N-methyl/N-ethyl adjacent to an activating group) is 1. The molecule has 3 nitrogen and oxygen atoms in total. The van der Waals surface area contributed by atoms with Crippen LogP contribution in [0.1, 0.15) is 22.3 Å². The number of hydrogen-bond acceptors (Lipinski definition) is 3. The van der Waals surface area contributed by atoms with Crippen LogP contribution in [0.4, 0.5) is 0 Å². The van der Waals surface area contributed by atoms with E-state index in [0.29, 0.717) is 0 Å². The Balaban J connectivity index is 1.65. The summed E-state index contributed by atoms with van der Waals surface area (Å²) < 4.78 is 6.27. The first-order valence-corrected chi connectivity index (χ1v) is 9.29. The molecule has 2 aromatic carbocycles. The van der Waals surface area contributed by atoms with E-state index in [9.17, 15) is 0 Å². The van der Waals surface area contributed by atoms with Crippen LogP contribution < -0.4 is 4.74 Å². The maximum atomic E-state index is 6.27. The number of nitrogens with zero attached hydrogens (tertiary/aromatic N) is 2. The van der Waals surface area contributed by atoms with Crippen molar-refractivity contribution in [3.8, 4) is 5.75 Å². The monoisotopic (exact) mass is 338 g/mol. The number of rotatable bonds is 6. The summed E-state index contributed by atoms with van der Waals surface area (Å²) in [6.07, 6.45) is 0.924. The Kier molecular flexibility index (Phi) is 6.11. The van der Waals surface area contributed by atoms with E-state index in [1.54, 1.807) is 0 Å². The lowest BCUT2D eigenvalue weighted by molar-refractivity contribution is 0.133. The topological polar surface area (TPSA) is 15.7 Å². The number of hydrogen-bond donors (Lipinski definition) is 0. The molecule has 25 heavy (non-hydrogen) atoms. The Bertz CT molecular complexity index is 676. The molecule has 0 atom stereocenters. The van der Waals surface area contributed by atoms with E-state index in [4.69, 9.17) is 4.74 Å². The summed E-state index contributed by atoms with van der Waals surface area (Å²) in [5, 5.41) is 0. The molecule has 0 unspecified atom stereocenters. The van der Waals surface area contributed by atoms with Crippen LogP contribution in [0.3, 0.4) is 0 Å². The van der Waals surface area contributed by atoms with Gasteiger partial charge < -0.3 is 9.64 Å². The van der Waals surface area contributed by atoms with Crippen LogP contribution in [0.2, 0.25) is 0 Å². The predicted octanol–water partition coefficient (Wildman–Crippen LogP) is 3.52. The summed E-state index contributed by atoms with van der Waals surface area (Å²) in [5.41, 5.74) is 5.16. The second-order valence-electron chi connectivity index (χ2n) is 7.23. The van der Waals surface area contributed by atoms with Gasteiger partial charge in [0, 0.05) is 39.1 Å². The number of benzene rings is 2. The van der Waals surface area contributed by atoms with Crippen LogP contribution >= 0.6 is 0 Å². The van der Waals surface area contributed by atoms with Crippen LogP contribution in [0.15, 0.2) is 42.5 Å². The molecule has 0 spiro atoms. The third-order valence-corrected chi connectivity index (χ3v) is 4.98. The first-order chi connectivity index (χ1) is 12.1. The van der Waals surface area contributed by atoms with Gasteiger partial charge >= 0.3 is 0 Å². The van der Waals surface area contributed by atoms with Gasteiger partial charge in [-0.25, -0.2) is 0 Å². The fourth-order valence-electron chi connectivity index (χ4n) is 3.54. The lowest BCUT2D eigenvalue weighted by Crippen LogP contribution is -2.45. The molecule has 0 amide bonds. The van der Waals surface area contributed by atoms with E-state index in [-0.39, 0.29) is 0 Å². The van der Waals surface area contributed by atoms with Gasteiger partial charge in [-0.05, 0) is 37.6 Å². The van der Waals surface area contributed by atoms with E-state index in [1.165, 1.54) is 22.3 Å². The summed E-state index contributed by atoms with van der Waals surface area (Å²) in [6.45, 7) is 10.7. The van der Waals surface area contributed by atoms with Gasteiger partial charge in [0.15, 0.2) is 0 Å². The molecular formula is C22H30N2O. The van der Waals surface area contributed by atoms with Crippen LogP contribution in [-0.4, -0.2) is 56.2 Å². The first kappa shape index (κ1) is 18.0. The molecule has 0 aliphatic carbocycles. The van der Waals surface area contributed by atoms with Gasteiger partial charge in [0.2, 0.25) is 0 Å². The third-order valence-electron chi connectivity index (χ3n) is 4.98. The molecule has 3 rings (SSSR count). The average Bonchev–Trinajstić information content (AvgIpc) is 2.60. The molecule has 1 fully saturated rings. The van der Waals surface area contributed by atoms with E-state index >= 15 is 0 Å². The molecule has 3 heteroatoms. The fraction of sp³-hybridized carbons (Fsp3) is 0.455. The van der Waals surface area contributed by atoms with Gasteiger partial charge in [0.05, 0.1) is 0 Å². The van der Waals surface area contributed by atoms with Crippen molar-refractivity contribution in [3.63, 3.8) is 0 Å². The Morgan fingerprint density at radius 1 is 0.960 bits per heavy atom. The molecule has 2 aromatic rings. The highest BCUT2D eigenvalue weighted by Gasteiger charge is 2.14. The largest absolute Gasteiger partial charge is 0.492 e. The normalized spacial score (nSPS) is 16.1.